The third-order valence-corrected chi connectivity index (χ3v) is 87.2. The average molecular weight is 653 g/mol. The van der Waals surface area contributed by atoms with E-state index in [9.17, 15) is 0 Å². The number of hydrogen-bond acceptors (Lipinski definition) is 0. The van der Waals surface area contributed by atoms with Crippen molar-refractivity contribution in [3.63, 3.8) is 0 Å². The molecule has 1 radical (unpaired) electrons. The van der Waals surface area contributed by atoms with Crippen molar-refractivity contribution in [3.8, 4) is 0 Å². The van der Waals surface area contributed by atoms with E-state index in [0.29, 0.717) is 18.0 Å². The summed E-state index contributed by atoms with van der Waals surface area (Å²) in [4.78, 5) is 0. The molecule has 0 spiro atoms. The topological polar surface area (TPSA) is 0 Å². The molecule has 3 heteroatoms. The van der Waals surface area contributed by atoms with Crippen LogP contribution in [0.25, 0.3) is 0 Å². The van der Waals surface area contributed by atoms with E-state index in [2.05, 4.69) is 2.83 Å². The SMILES string of the molecule is [C]1=[Bi][CH]=[Bi][BiH]1. The van der Waals surface area contributed by atoms with Gasteiger partial charge in [-0.25, -0.2) is 0 Å². The van der Waals surface area contributed by atoms with Crippen LogP contribution in [0.5, 0.6) is 0 Å². The van der Waals surface area contributed by atoms with Crippen molar-refractivity contribution in [2.75, 3.05) is 0 Å². The Labute approximate surface area is 60.4 Å². The zero-order valence-corrected chi connectivity index (χ0v) is 13.3. The molecule has 5 heavy (non-hydrogen) atoms. The van der Waals surface area contributed by atoms with Gasteiger partial charge in [0.25, 0.3) is 0 Å². The molecule has 0 fully saturated rings. The van der Waals surface area contributed by atoms with E-state index in [0.717, 1.165) is 0 Å². The molecule has 0 aromatic carbocycles. The summed E-state index contributed by atoms with van der Waals surface area (Å²) in [5, 5.41) is 0. The second-order valence-electron chi connectivity index (χ2n) is 0.597. The van der Waals surface area contributed by atoms with Gasteiger partial charge in [0.15, 0.2) is 0 Å². The first-order valence-corrected chi connectivity index (χ1v) is 25.9. The Bertz CT molecular complexity index is 63.0. The molecule has 1 heterocycles. The normalized spacial score (nSPS) is 17.6. The van der Waals surface area contributed by atoms with Gasteiger partial charge >= 0.3 is 62.0 Å². The molecule has 0 amide bonds. The molecule has 0 aromatic heterocycles. The first kappa shape index (κ1) is 5.52. The van der Waals surface area contributed by atoms with Crippen molar-refractivity contribution >= 4 is 62.0 Å². The van der Waals surface area contributed by atoms with Gasteiger partial charge in [-0.05, 0) is 0 Å². The monoisotopic (exact) mass is 653 g/mol. The standard InChI is InChI=1S/CH.C.3Bi.H/h1H;;;;;. The van der Waals surface area contributed by atoms with Crippen LogP contribution in [-0.2, 0) is 0 Å². The van der Waals surface area contributed by atoms with Gasteiger partial charge in [-0.15, -0.1) is 0 Å². The molecule has 1 aliphatic heterocycles. The zero-order valence-electron chi connectivity index (χ0n) is 2.47. The van der Waals surface area contributed by atoms with Gasteiger partial charge in [0, 0.05) is 0 Å². The summed E-state index contributed by atoms with van der Waals surface area (Å²) < 4.78 is 6.32. The molecular weight excluding hydrogens is 651 g/mol. The van der Waals surface area contributed by atoms with Crippen molar-refractivity contribution in [1.82, 2.24) is 0 Å². The van der Waals surface area contributed by atoms with E-state index in [1.807, 2.05) is 0 Å². The van der Waals surface area contributed by atoms with Crippen molar-refractivity contribution in [2.45, 2.75) is 0 Å². The second-order valence-corrected chi connectivity index (χ2v) is 37.2. The summed E-state index contributed by atoms with van der Waals surface area (Å²) >= 11 is 0.458. The van der Waals surface area contributed by atoms with Crippen LogP contribution < -0.4 is 0 Å². The van der Waals surface area contributed by atoms with Crippen molar-refractivity contribution in [1.29, 1.82) is 0 Å². The number of rotatable bonds is 0. The molecule has 0 saturated heterocycles. The van der Waals surface area contributed by atoms with Crippen LogP contribution in [0.1, 0.15) is 0 Å². The van der Waals surface area contributed by atoms with Gasteiger partial charge in [-0.1, -0.05) is 0 Å². The first-order valence-electron chi connectivity index (χ1n) is 1.21. The predicted octanol–water partition coefficient (Wildman–Crippen LogP) is -1.84. The fraction of sp³-hybridized carbons (Fsp3) is 0. The summed E-state index contributed by atoms with van der Waals surface area (Å²) in [6.45, 7) is 0. The van der Waals surface area contributed by atoms with Gasteiger partial charge in [-0.2, -0.15) is 0 Å². The van der Waals surface area contributed by atoms with E-state index in [4.69, 9.17) is 0 Å². The molecule has 0 aromatic rings. The van der Waals surface area contributed by atoms with Gasteiger partial charge < -0.3 is 0 Å². The van der Waals surface area contributed by atoms with E-state index in [1.165, 1.54) is 0 Å². The molecule has 0 unspecified atom stereocenters. The first-order chi connectivity index (χ1) is 2.50. The molecule has 25 valence electrons. The third-order valence-electron chi connectivity index (χ3n) is 0.295. The van der Waals surface area contributed by atoms with Crippen LogP contribution in [0.3, 0.4) is 0 Å². The fourth-order valence-electron chi connectivity index (χ4n) is 0.144. The van der Waals surface area contributed by atoms with Crippen LogP contribution in [-0.4, -0.2) is 62.0 Å². The minimum absolute atomic E-state index is 0.0478. The Morgan fingerprint density at radius 1 is 1.80 bits per heavy atom. The van der Waals surface area contributed by atoms with Crippen LogP contribution in [0.15, 0.2) is 0 Å². The van der Waals surface area contributed by atoms with Gasteiger partial charge in [0.2, 0.25) is 0 Å². The molecule has 1 aliphatic rings. The second kappa shape index (κ2) is 3.40. The Kier molecular flexibility index (Phi) is 3.76. The Morgan fingerprint density at radius 3 is 3.00 bits per heavy atom. The molecule has 0 aliphatic carbocycles. The summed E-state index contributed by atoms with van der Waals surface area (Å²) in [6, 6.07) is 0. The van der Waals surface area contributed by atoms with Gasteiger partial charge in [0.1, 0.15) is 0 Å². The van der Waals surface area contributed by atoms with E-state index >= 15 is 0 Å². The fourth-order valence-corrected chi connectivity index (χ4v) is 97.5. The van der Waals surface area contributed by atoms with Crippen molar-refractivity contribution in [3.05, 3.63) is 0 Å². The van der Waals surface area contributed by atoms with Crippen LogP contribution in [0, 0.1) is 0 Å². The van der Waals surface area contributed by atoms with Crippen molar-refractivity contribution < 1.29 is 0 Å². The van der Waals surface area contributed by atoms with Crippen LogP contribution in [0.2, 0.25) is 0 Å². The molecule has 0 N–H and O–H groups in total. The Morgan fingerprint density at radius 2 is 2.80 bits per heavy atom. The minimum atomic E-state index is 0.0478. The average Bonchev–Trinajstić information content (AvgIpc) is 1.76. The maximum atomic E-state index is 3.62. The van der Waals surface area contributed by atoms with Gasteiger partial charge in [-0.3, -0.25) is 0 Å². The van der Waals surface area contributed by atoms with E-state index in [-0.39, 0.29) is 41.2 Å². The molecular formula is C2H2Bi3. The van der Waals surface area contributed by atoms with E-state index in [1.54, 1.807) is 0 Å². The predicted molar refractivity (Wildman–Crippen MR) is 29.7 cm³/mol. The molecule has 0 atom stereocenters. The summed E-state index contributed by atoms with van der Waals surface area (Å²) in [5.74, 6) is 0. The van der Waals surface area contributed by atoms with Crippen molar-refractivity contribution in [2.24, 2.45) is 0 Å². The van der Waals surface area contributed by atoms with Gasteiger partial charge in [0.05, 0.1) is 0 Å². The summed E-state index contributed by atoms with van der Waals surface area (Å²) in [5.41, 5.74) is 0. The quantitative estimate of drug-likeness (QED) is 0.270. The Balaban J connectivity index is 2.61. The zero-order chi connectivity index (χ0) is 3.54. The molecule has 0 bridgehead atoms. The van der Waals surface area contributed by atoms with E-state index < -0.39 is 0 Å². The molecule has 0 saturated carbocycles. The van der Waals surface area contributed by atoms with Crippen LogP contribution >= 0.6 is 0 Å². The Hall–Kier alpha value is 2.39. The summed E-state index contributed by atoms with van der Waals surface area (Å²) in [6.07, 6.45) is 0. The van der Waals surface area contributed by atoms with Crippen LogP contribution in [0.4, 0.5) is 0 Å². The molecule has 1 rings (SSSR count). The molecule has 0 nitrogen and oxygen atoms in total. The summed E-state index contributed by atoms with van der Waals surface area (Å²) in [7, 11) is 0. The number of hydrogen-bond donors (Lipinski definition) is 0. The maximum absolute atomic E-state index is 3.62. The third kappa shape index (κ3) is 2.25.